The number of benzene rings is 2. The SMILES string of the molecule is COc1cccc(S(=O)(=O)N2CC3(CCSC(C4CC4)C3)c3cc(C(N)=O)ccc32)c1. The summed E-state index contributed by atoms with van der Waals surface area (Å²) < 4.78 is 34.2. The van der Waals surface area contributed by atoms with Gasteiger partial charge in [0.05, 0.1) is 17.7 Å². The van der Waals surface area contributed by atoms with E-state index in [-0.39, 0.29) is 10.3 Å². The summed E-state index contributed by atoms with van der Waals surface area (Å²) in [4.78, 5) is 12.1. The van der Waals surface area contributed by atoms with Gasteiger partial charge < -0.3 is 10.5 Å². The molecule has 2 unspecified atom stereocenters. The third kappa shape index (κ3) is 3.49. The summed E-state index contributed by atoms with van der Waals surface area (Å²) in [6, 6.07) is 11.8. The van der Waals surface area contributed by atoms with Gasteiger partial charge in [0.25, 0.3) is 10.0 Å². The van der Waals surface area contributed by atoms with Crippen LogP contribution in [0.2, 0.25) is 0 Å². The third-order valence-corrected chi connectivity index (χ3v) is 10.0. The molecule has 3 aliphatic rings. The van der Waals surface area contributed by atoms with Gasteiger partial charge in [-0.1, -0.05) is 6.07 Å². The lowest BCUT2D eigenvalue weighted by molar-refractivity contribution is 0.1000. The van der Waals surface area contributed by atoms with Crippen LogP contribution in [0.1, 0.15) is 41.6 Å². The van der Waals surface area contributed by atoms with Crippen molar-refractivity contribution >= 4 is 33.4 Å². The lowest BCUT2D eigenvalue weighted by Gasteiger charge is -2.38. The standard InChI is InChI=1S/C23H26N2O4S2/c1-29-17-3-2-4-18(12-17)31(27,28)25-14-23(9-10-30-21(13-23)15-5-6-15)19-11-16(22(24)26)7-8-20(19)25/h2-4,7-8,11-12,15,21H,5-6,9-10,13-14H2,1H3,(H2,24,26). The van der Waals surface area contributed by atoms with Crippen LogP contribution in [-0.4, -0.2) is 39.0 Å². The number of nitrogens with two attached hydrogens (primary N) is 1. The molecular weight excluding hydrogens is 432 g/mol. The number of carbonyl (C=O) groups excluding carboxylic acids is 1. The second-order valence-electron chi connectivity index (χ2n) is 8.77. The Bertz CT molecular complexity index is 1150. The summed E-state index contributed by atoms with van der Waals surface area (Å²) in [7, 11) is -2.26. The molecule has 2 heterocycles. The van der Waals surface area contributed by atoms with Gasteiger partial charge in [-0.05, 0) is 73.2 Å². The van der Waals surface area contributed by atoms with Gasteiger partial charge in [-0.3, -0.25) is 9.10 Å². The third-order valence-electron chi connectivity index (χ3n) is 6.85. The molecule has 0 bridgehead atoms. The molecule has 2 aromatic carbocycles. The second-order valence-corrected chi connectivity index (χ2v) is 12.0. The van der Waals surface area contributed by atoms with Crippen molar-refractivity contribution in [1.82, 2.24) is 0 Å². The number of hydrogen-bond acceptors (Lipinski definition) is 5. The summed E-state index contributed by atoms with van der Waals surface area (Å²) in [6.07, 6.45) is 4.34. The van der Waals surface area contributed by atoms with Crippen molar-refractivity contribution in [2.24, 2.45) is 11.7 Å². The van der Waals surface area contributed by atoms with E-state index in [2.05, 4.69) is 0 Å². The van der Waals surface area contributed by atoms with E-state index in [1.807, 2.05) is 17.8 Å². The lowest BCUT2D eigenvalue weighted by atomic mass is 9.74. The van der Waals surface area contributed by atoms with Crippen molar-refractivity contribution in [3.63, 3.8) is 0 Å². The largest absolute Gasteiger partial charge is 0.497 e. The Hall–Kier alpha value is -2.19. The van der Waals surface area contributed by atoms with E-state index in [4.69, 9.17) is 10.5 Å². The molecular formula is C23H26N2O4S2. The van der Waals surface area contributed by atoms with Crippen molar-refractivity contribution in [1.29, 1.82) is 0 Å². The number of nitrogens with zero attached hydrogens (tertiary/aromatic N) is 1. The van der Waals surface area contributed by atoms with Gasteiger partial charge in [0.1, 0.15) is 5.75 Å². The molecule has 1 saturated carbocycles. The number of primary amides is 1. The number of ether oxygens (including phenoxy) is 1. The highest BCUT2D eigenvalue weighted by Gasteiger charge is 2.51. The smallest absolute Gasteiger partial charge is 0.264 e. The molecule has 8 heteroatoms. The summed E-state index contributed by atoms with van der Waals surface area (Å²) in [5.41, 5.74) is 7.32. The molecule has 0 radical (unpaired) electrons. The van der Waals surface area contributed by atoms with Gasteiger partial charge in [0, 0.05) is 28.8 Å². The number of amides is 1. The van der Waals surface area contributed by atoms with Gasteiger partial charge in [0.2, 0.25) is 5.91 Å². The summed E-state index contributed by atoms with van der Waals surface area (Å²) in [6.45, 7) is 0.397. The molecule has 1 spiro atoms. The zero-order valence-corrected chi connectivity index (χ0v) is 19.0. The van der Waals surface area contributed by atoms with Crippen LogP contribution in [-0.2, 0) is 15.4 Å². The fraction of sp³-hybridized carbons (Fsp3) is 0.435. The lowest BCUT2D eigenvalue weighted by Crippen LogP contribution is -2.41. The molecule has 5 rings (SSSR count). The first-order valence-electron chi connectivity index (χ1n) is 10.6. The van der Waals surface area contributed by atoms with Crippen LogP contribution in [0, 0.1) is 5.92 Å². The number of rotatable bonds is 5. The van der Waals surface area contributed by atoms with Crippen molar-refractivity contribution in [2.45, 2.75) is 41.2 Å². The van der Waals surface area contributed by atoms with Crippen LogP contribution in [0.15, 0.2) is 47.4 Å². The Morgan fingerprint density at radius 2 is 2.03 bits per heavy atom. The minimum Gasteiger partial charge on any atom is -0.497 e. The van der Waals surface area contributed by atoms with Gasteiger partial charge in [-0.2, -0.15) is 11.8 Å². The predicted molar refractivity (Wildman–Crippen MR) is 122 cm³/mol. The average molecular weight is 459 g/mol. The van der Waals surface area contributed by atoms with Crippen molar-refractivity contribution in [3.8, 4) is 5.75 Å². The van der Waals surface area contributed by atoms with Gasteiger partial charge in [0.15, 0.2) is 0 Å². The summed E-state index contributed by atoms with van der Waals surface area (Å²) in [5, 5.41) is 0.540. The molecule has 2 fully saturated rings. The highest BCUT2D eigenvalue weighted by atomic mass is 32.2. The number of thioether (sulfide) groups is 1. The van der Waals surface area contributed by atoms with Crippen molar-refractivity contribution in [2.75, 3.05) is 23.7 Å². The fourth-order valence-corrected chi connectivity index (χ4v) is 8.39. The van der Waals surface area contributed by atoms with Crippen LogP contribution < -0.4 is 14.8 Å². The first-order valence-corrected chi connectivity index (χ1v) is 13.1. The van der Waals surface area contributed by atoms with E-state index in [9.17, 15) is 13.2 Å². The molecule has 164 valence electrons. The maximum Gasteiger partial charge on any atom is 0.264 e. The Balaban J connectivity index is 1.61. The molecule has 6 nitrogen and oxygen atoms in total. The fourth-order valence-electron chi connectivity index (χ4n) is 4.99. The van der Waals surface area contributed by atoms with Crippen LogP contribution in [0.3, 0.4) is 0 Å². The van der Waals surface area contributed by atoms with E-state index in [0.29, 0.717) is 28.8 Å². The molecule has 31 heavy (non-hydrogen) atoms. The number of anilines is 1. The molecule has 0 aromatic heterocycles. The maximum absolute atomic E-state index is 13.7. The maximum atomic E-state index is 13.7. The highest BCUT2D eigenvalue weighted by Crippen LogP contribution is 2.55. The Labute approximate surface area is 187 Å². The van der Waals surface area contributed by atoms with E-state index >= 15 is 0 Å². The van der Waals surface area contributed by atoms with Crippen molar-refractivity contribution in [3.05, 3.63) is 53.6 Å². The highest BCUT2D eigenvalue weighted by molar-refractivity contribution is 8.00. The molecule has 2 N–H and O–H groups in total. The van der Waals surface area contributed by atoms with Crippen LogP contribution >= 0.6 is 11.8 Å². The first kappa shape index (κ1) is 20.7. The zero-order valence-electron chi connectivity index (χ0n) is 17.4. The van der Waals surface area contributed by atoms with Gasteiger partial charge in [-0.25, -0.2) is 8.42 Å². The quantitative estimate of drug-likeness (QED) is 0.740. The topological polar surface area (TPSA) is 89.7 Å². The van der Waals surface area contributed by atoms with Crippen LogP contribution in [0.5, 0.6) is 5.75 Å². The minimum atomic E-state index is -3.78. The van der Waals surface area contributed by atoms with Crippen LogP contribution in [0.4, 0.5) is 5.69 Å². The number of sulfonamides is 1. The van der Waals surface area contributed by atoms with Gasteiger partial charge in [-0.15, -0.1) is 0 Å². The Morgan fingerprint density at radius 1 is 1.23 bits per heavy atom. The molecule has 2 aliphatic heterocycles. The minimum absolute atomic E-state index is 0.206. The van der Waals surface area contributed by atoms with E-state index < -0.39 is 15.9 Å². The molecule has 2 atom stereocenters. The van der Waals surface area contributed by atoms with Crippen molar-refractivity contribution < 1.29 is 17.9 Å². The Morgan fingerprint density at radius 3 is 2.74 bits per heavy atom. The van der Waals surface area contributed by atoms with Gasteiger partial charge >= 0.3 is 0 Å². The Kier molecular flexibility index (Phi) is 4.97. The molecule has 2 aromatic rings. The monoisotopic (exact) mass is 458 g/mol. The predicted octanol–water partition coefficient (Wildman–Crippen LogP) is 3.55. The summed E-state index contributed by atoms with van der Waals surface area (Å²) in [5.74, 6) is 1.74. The zero-order chi connectivity index (χ0) is 21.8. The molecule has 1 saturated heterocycles. The number of fused-ring (bicyclic) bond motifs is 2. The average Bonchev–Trinajstić information content (AvgIpc) is 3.58. The van der Waals surface area contributed by atoms with E-state index in [1.54, 1.807) is 36.4 Å². The van der Waals surface area contributed by atoms with Crippen LogP contribution in [0.25, 0.3) is 0 Å². The summed E-state index contributed by atoms with van der Waals surface area (Å²) >= 11 is 2.01. The van der Waals surface area contributed by atoms with E-state index in [1.165, 1.54) is 24.3 Å². The number of methoxy groups -OCH3 is 1. The molecule has 1 aliphatic carbocycles. The number of hydrogen-bond donors (Lipinski definition) is 1. The molecule has 1 amide bonds. The second kappa shape index (κ2) is 7.45. The number of carbonyl (C=O) groups is 1. The first-order chi connectivity index (χ1) is 14.8. The normalized spacial score (nSPS) is 25.5. The van der Waals surface area contributed by atoms with E-state index in [0.717, 1.165) is 30.1 Å².